The van der Waals surface area contributed by atoms with Gasteiger partial charge < -0.3 is 10.1 Å². The number of hydrogen-bond donors (Lipinski definition) is 2. The maximum atomic E-state index is 13.2. The standard InChI is InChI=1S/C23H24F6N2O2/c1-14(15-7-18(22(24,25)26)9-19(8-15)23(27,28)29)33-12-21(17-5-3-2-4-6-17)10-16(11-21)20(32)31-13-30/h2-5,7-9,13-14,16-17H,6,10-12H2,1H3,(H2,30,31,32)/t14-,16?,17?,21?/m1/s1. The maximum absolute atomic E-state index is 13.2. The molecule has 1 aromatic rings. The third-order valence-electron chi connectivity index (χ3n) is 6.36. The Morgan fingerprint density at radius 3 is 2.24 bits per heavy atom. The second-order valence-corrected chi connectivity index (χ2v) is 8.57. The molecule has 4 nitrogen and oxygen atoms in total. The van der Waals surface area contributed by atoms with E-state index in [2.05, 4.69) is 5.32 Å². The van der Waals surface area contributed by atoms with Gasteiger partial charge in [-0.05, 0) is 55.9 Å². The van der Waals surface area contributed by atoms with Crippen molar-refractivity contribution in [3.63, 3.8) is 0 Å². The van der Waals surface area contributed by atoms with Gasteiger partial charge >= 0.3 is 12.4 Å². The number of ether oxygens (including phenoxy) is 1. The van der Waals surface area contributed by atoms with Crippen molar-refractivity contribution < 1.29 is 35.9 Å². The van der Waals surface area contributed by atoms with Gasteiger partial charge in [-0.3, -0.25) is 10.2 Å². The van der Waals surface area contributed by atoms with E-state index in [1.807, 2.05) is 24.3 Å². The minimum absolute atomic E-state index is 0.0194. The van der Waals surface area contributed by atoms with Gasteiger partial charge in [-0.15, -0.1) is 0 Å². The monoisotopic (exact) mass is 474 g/mol. The Labute approximate surface area is 187 Å². The van der Waals surface area contributed by atoms with Gasteiger partial charge in [-0.2, -0.15) is 26.3 Å². The van der Waals surface area contributed by atoms with Crippen LogP contribution in [-0.2, 0) is 21.9 Å². The van der Waals surface area contributed by atoms with Gasteiger partial charge in [-0.25, -0.2) is 0 Å². The number of allylic oxidation sites excluding steroid dienone is 4. The summed E-state index contributed by atoms with van der Waals surface area (Å²) in [5, 5.41) is 9.35. The van der Waals surface area contributed by atoms with Crippen molar-refractivity contribution in [1.29, 1.82) is 5.41 Å². The molecule has 180 valence electrons. The fourth-order valence-corrected chi connectivity index (χ4v) is 4.46. The zero-order chi connectivity index (χ0) is 24.4. The molecule has 0 aliphatic heterocycles. The van der Waals surface area contributed by atoms with E-state index in [1.54, 1.807) is 0 Å². The van der Waals surface area contributed by atoms with Crippen molar-refractivity contribution in [2.24, 2.45) is 17.3 Å². The first-order valence-corrected chi connectivity index (χ1v) is 10.4. The summed E-state index contributed by atoms with van der Waals surface area (Å²) in [6, 6.07) is 1.45. The van der Waals surface area contributed by atoms with E-state index >= 15 is 0 Å². The topological polar surface area (TPSA) is 62.2 Å². The number of rotatable bonds is 7. The molecule has 33 heavy (non-hydrogen) atoms. The highest BCUT2D eigenvalue weighted by molar-refractivity contribution is 5.89. The lowest BCUT2D eigenvalue weighted by Gasteiger charge is -2.51. The second-order valence-electron chi connectivity index (χ2n) is 8.57. The van der Waals surface area contributed by atoms with Crippen LogP contribution in [0.5, 0.6) is 0 Å². The molecular weight excluding hydrogens is 450 g/mol. The predicted octanol–water partition coefficient (Wildman–Crippen LogP) is 6.05. The molecule has 2 N–H and O–H groups in total. The third kappa shape index (κ3) is 5.66. The average molecular weight is 474 g/mol. The molecule has 1 unspecified atom stereocenters. The molecule has 0 bridgehead atoms. The fourth-order valence-electron chi connectivity index (χ4n) is 4.46. The van der Waals surface area contributed by atoms with Crippen molar-refractivity contribution in [3.8, 4) is 0 Å². The first-order valence-electron chi connectivity index (χ1n) is 10.4. The highest BCUT2D eigenvalue weighted by Crippen LogP contribution is 2.54. The Hall–Kier alpha value is -2.62. The van der Waals surface area contributed by atoms with Crippen LogP contribution in [0.15, 0.2) is 42.5 Å². The van der Waals surface area contributed by atoms with E-state index in [0.29, 0.717) is 31.4 Å². The lowest BCUT2D eigenvalue weighted by atomic mass is 9.55. The first-order chi connectivity index (χ1) is 15.4. The van der Waals surface area contributed by atoms with E-state index in [4.69, 9.17) is 10.1 Å². The molecule has 2 atom stereocenters. The molecule has 2 aliphatic rings. The summed E-state index contributed by atoms with van der Waals surface area (Å²) < 4.78 is 85.0. The van der Waals surface area contributed by atoms with E-state index in [-0.39, 0.29) is 36.0 Å². The Morgan fingerprint density at radius 2 is 1.76 bits per heavy atom. The molecule has 0 radical (unpaired) electrons. The van der Waals surface area contributed by atoms with Crippen LogP contribution >= 0.6 is 0 Å². The van der Waals surface area contributed by atoms with E-state index in [1.165, 1.54) is 6.92 Å². The summed E-state index contributed by atoms with van der Waals surface area (Å²) in [6.07, 6.45) is -0.822. The van der Waals surface area contributed by atoms with Gasteiger partial charge in [-0.1, -0.05) is 24.3 Å². The summed E-state index contributed by atoms with van der Waals surface area (Å²) in [7, 11) is 0. The van der Waals surface area contributed by atoms with E-state index in [9.17, 15) is 31.1 Å². The lowest BCUT2D eigenvalue weighted by Crippen LogP contribution is -2.51. The van der Waals surface area contributed by atoms with Crippen LogP contribution < -0.4 is 5.32 Å². The largest absolute Gasteiger partial charge is 0.416 e. The molecule has 1 saturated carbocycles. The van der Waals surface area contributed by atoms with Crippen molar-refractivity contribution in [3.05, 3.63) is 59.2 Å². The average Bonchev–Trinajstić information content (AvgIpc) is 2.72. The quantitative estimate of drug-likeness (QED) is 0.287. The summed E-state index contributed by atoms with van der Waals surface area (Å²) in [5.74, 6) is -0.613. The van der Waals surface area contributed by atoms with E-state index in [0.717, 1.165) is 6.34 Å². The number of nitrogens with one attached hydrogen (secondary N) is 2. The van der Waals surface area contributed by atoms with Crippen LogP contribution in [0.3, 0.4) is 0 Å². The van der Waals surface area contributed by atoms with Crippen LogP contribution in [0, 0.1) is 22.7 Å². The van der Waals surface area contributed by atoms with Crippen molar-refractivity contribution in [2.75, 3.05) is 6.61 Å². The Bertz CT molecular complexity index is 913. The second kappa shape index (κ2) is 9.32. The highest BCUT2D eigenvalue weighted by Gasteiger charge is 2.51. The van der Waals surface area contributed by atoms with Crippen LogP contribution in [0.25, 0.3) is 0 Å². The molecule has 1 aromatic carbocycles. The summed E-state index contributed by atoms with van der Waals surface area (Å²) in [6.45, 7) is 1.49. The third-order valence-corrected chi connectivity index (χ3v) is 6.36. The van der Waals surface area contributed by atoms with Gasteiger partial charge in [0, 0.05) is 11.3 Å². The fraction of sp³-hybridized carbons (Fsp3) is 0.478. The molecule has 3 rings (SSSR count). The maximum Gasteiger partial charge on any atom is 0.416 e. The molecule has 0 aromatic heterocycles. The highest BCUT2D eigenvalue weighted by atomic mass is 19.4. The van der Waals surface area contributed by atoms with Crippen LogP contribution in [0.4, 0.5) is 26.3 Å². The number of amides is 1. The zero-order valence-electron chi connectivity index (χ0n) is 17.8. The molecule has 1 amide bonds. The van der Waals surface area contributed by atoms with Gasteiger partial charge in [0.1, 0.15) is 0 Å². The van der Waals surface area contributed by atoms with E-state index < -0.39 is 35.0 Å². The summed E-state index contributed by atoms with van der Waals surface area (Å²) >= 11 is 0. The Morgan fingerprint density at radius 1 is 1.15 bits per heavy atom. The Kier molecular flexibility index (Phi) is 7.07. The smallest absolute Gasteiger partial charge is 0.373 e. The van der Waals surface area contributed by atoms with Gasteiger partial charge in [0.25, 0.3) is 0 Å². The first kappa shape index (κ1) is 25.0. The zero-order valence-corrected chi connectivity index (χ0v) is 17.8. The normalized spacial score (nSPS) is 25.9. The number of halogens is 6. The van der Waals surface area contributed by atoms with Crippen molar-refractivity contribution >= 4 is 12.2 Å². The van der Waals surface area contributed by atoms with Gasteiger partial charge in [0.2, 0.25) is 5.91 Å². The minimum Gasteiger partial charge on any atom is -0.373 e. The molecule has 0 saturated heterocycles. The van der Waals surface area contributed by atoms with Gasteiger partial charge in [0.05, 0.1) is 30.2 Å². The van der Waals surface area contributed by atoms with Crippen molar-refractivity contribution in [1.82, 2.24) is 5.32 Å². The summed E-state index contributed by atoms with van der Waals surface area (Å²) in [5.41, 5.74) is -3.47. The number of alkyl halides is 6. The molecule has 1 fully saturated rings. The van der Waals surface area contributed by atoms with Crippen LogP contribution in [0.2, 0.25) is 0 Å². The lowest BCUT2D eigenvalue weighted by molar-refractivity contribution is -0.143. The molecule has 0 spiro atoms. The number of hydrogen-bond acceptors (Lipinski definition) is 3. The minimum atomic E-state index is -4.93. The van der Waals surface area contributed by atoms with Crippen molar-refractivity contribution in [2.45, 2.75) is 44.6 Å². The number of carbonyl (C=O) groups is 1. The molecular formula is C23H24F6N2O2. The van der Waals surface area contributed by atoms with Gasteiger partial charge in [0.15, 0.2) is 0 Å². The SMILES string of the molecule is C[C@@H](OCC1(C2C=CC=CC2)CC(C(=O)NC=N)C1)c1cc(C(F)(F)F)cc(C(F)(F)F)c1. The molecule has 0 heterocycles. The Balaban J connectivity index is 1.80. The summed E-state index contributed by atoms with van der Waals surface area (Å²) in [4.78, 5) is 12.1. The number of benzene rings is 1. The molecule has 2 aliphatic carbocycles. The molecule has 10 heteroatoms. The van der Waals surface area contributed by atoms with Crippen LogP contribution in [-0.4, -0.2) is 18.9 Å². The van der Waals surface area contributed by atoms with Crippen LogP contribution in [0.1, 0.15) is 49.0 Å². The predicted molar refractivity (Wildman–Crippen MR) is 109 cm³/mol. The number of carbonyl (C=O) groups excluding carboxylic acids is 1.